The summed E-state index contributed by atoms with van der Waals surface area (Å²) in [6.45, 7) is 3.93. The number of urea groups is 1. The standard InChI is InChI=1S/C25H21FN4O2S/c1-3-16-6-8-17(9-7-16)22-21(24-28-23(29-32-24)20-5-4-14-33-20)15(2)30(25(31)27-22)19-12-10-18(26)11-13-19/h4-14,22H,3H2,1-2H3,(H,27,31). The van der Waals surface area contributed by atoms with Crippen molar-refractivity contribution in [3.05, 3.63) is 94.6 Å². The normalized spacial score (nSPS) is 16.3. The van der Waals surface area contributed by atoms with Crippen LogP contribution in [0.2, 0.25) is 0 Å². The third-order valence-electron chi connectivity index (χ3n) is 5.69. The zero-order valence-electron chi connectivity index (χ0n) is 18.1. The molecule has 1 unspecified atom stereocenters. The predicted octanol–water partition coefficient (Wildman–Crippen LogP) is 6.20. The van der Waals surface area contributed by atoms with Gasteiger partial charge in [0.05, 0.1) is 22.2 Å². The molecule has 33 heavy (non-hydrogen) atoms. The highest BCUT2D eigenvalue weighted by Crippen LogP contribution is 2.39. The number of halogens is 1. The second-order valence-corrected chi connectivity index (χ2v) is 8.64. The monoisotopic (exact) mass is 460 g/mol. The van der Waals surface area contributed by atoms with Crippen molar-refractivity contribution in [3.8, 4) is 10.7 Å². The molecule has 4 aromatic rings. The smallest absolute Gasteiger partial charge is 0.326 e. The number of aryl methyl sites for hydroxylation is 1. The lowest BCUT2D eigenvalue weighted by atomic mass is 9.93. The number of thiophene rings is 1. The number of aromatic nitrogens is 2. The van der Waals surface area contributed by atoms with Crippen molar-refractivity contribution >= 4 is 28.6 Å². The van der Waals surface area contributed by atoms with Crippen LogP contribution in [-0.4, -0.2) is 16.2 Å². The van der Waals surface area contributed by atoms with Crippen LogP contribution in [0.1, 0.15) is 36.9 Å². The molecule has 1 atom stereocenters. The molecule has 2 amide bonds. The van der Waals surface area contributed by atoms with Crippen molar-refractivity contribution in [1.82, 2.24) is 15.5 Å². The maximum absolute atomic E-state index is 13.5. The molecule has 0 fully saturated rings. The first-order valence-corrected chi connectivity index (χ1v) is 11.5. The molecule has 1 aliphatic heterocycles. The average Bonchev–Trinajstić information content (AvgIpc) is 3.52. The second-order valence-electron chi connectivity index (χ2n) is 7.69. The minimum absolute atomic E-state index is 0.314. The molecule has 0 aliphatic carbocycles. The molecular formula is C25H21FN4O2S. The Balaban J connectivity index is 1.64. The SMILES string of the molecule is CCc1ccc(C2NC(=O)N(c3ccc(F)cc3)C(C)=C2c2nc(-c3cccs3)no2)cc1. The van der Waals surface area contributed by atoms with Gasteiger partial charge in [-0.05, 0) is 60.2 Å². The van der Waals surface area contributed by atoms with Crippen LogP contribution in [0.25, 0.3) is 16.3 Å². The summed E-state index contributed by atoms with van der Waals surface area (Å²) >= 11 is 1.52. The Kier molecular flexibility index (Phi) is 5.51. The Hall–Kier alpha value is -3.78. The van der Waals surface area contributed by atoms with Crippen LogP contribution >= 0.6 is 11.3 Å². The van der Waals surface area contributed by atoms with Crippen LogP contribution < -0.4 is 10.2 Å². The Bertz CT molecular complexity index is 1310. The van der Waals surface area contributed by atoms with E-state index in [4.69, 9.17) is 4.52 Å². The van der Waals surface area contributed by atoms with E-state index in [9.17, 15) is 9.18 Å². The molecule has 0 bridgehead atoms. The van der Waals surface area contributed by atoms with Gasteiger partial charge >= 0.3 is 6.03 Å². The maximum atomic E-state index is 13.5. The summed E-state index contributed by atoms with van der Waals surface area (Å²) in [6.07, 6.45) is 0.922. The molecule has 0 spiro atoms. The zero-order chi connectivity index (χ0) is 22.9. The molecule has 8 heteroatoms. The van der Waals surface area contributed by atoms with Crippen molar-refractivity contribution in [2.24, 2.45) is 0 Å². The van der Waals surface area contributed by atoms with Crippen molar-refractivity contribution < 1.29 is 13.7 Å². The van der Waals surface area contributed by atoms with Crippen molar-refractivity contribution in [2.75, 3.05) is 4.90 Å². The van der Waals surface area contributed by atoms with Crippen LogP contribution in [0.5, 0.6) is 0 Å². The lowest BCUT2D eigenvalue weighted by molar-refractivity contribution is 0.244. The topological polar surface area (TPSA) is 71.3 Å². The Morgan fingerprint density at radius 3 is 2.55 bits per heavy atom. The quantitative estimate of drug-likeness (QED) is 0.385. The number of allylic oxidation sites excluding steroid dienone is 1. The molecule has 0 radical (unpaired) electrons. The van der Waals surface area contributed by atoms with Gasteiger partial charge in [-0.2, -0.15) is 4.98 Å². The number of hydrogen-bond donors (Lipinski definition) is 1. The van der Waals surface area contributed by atoms with Crippen molar-refractivity contribution in [3.63, 3.8) is 0 Å². The first-order chi connectivity index (χ1) is 16.0. The Morgan fingerprint density at radius 1 is 1.12 bits per heavy atom. The van der Waals surface area contributed by atoms with Crippen LogP contribution in [0.3, 0.4) is 0 Å². The number of hydrogen-bond acceptors (Lipinski definition) is 5. The minimum atomic E-state index is -0.475. The maximum Gasteiger partial charge on any atom is 0.326 e. The van der Waals surface area contributed by atoms with E-state index in [2.05, 4.69) is 22.4 Å². The van der Waals surface area contributed by atoms with Gasteiger partial charge in [0.25, 0.3) is 5.89 Å². The molecular weight excluding hydrogens is 439 g/mol. The highest BCUT2D eigenvalue weighted by atomic mass is 32.1. The van der Waals surface area contributed by atoms with E-state index in [-0.39, 0.29) is 11.8 Å². The molecule has 6 nitrogen and oxygen atoms in total. The number of nitrogens with one attached hydrogen (secondary N) is 1. The van der Waals surface area contributed by atoms with E-state index < -0.39 is 6.04 Å². The van der Waals surface area contributed by atoms with Gasteiger partial charge in [0.1, 0.15) is 5.82 Å². The molecule has 3 heterocycles. The van der Waals surface area contributed by atoms with E-state index >= 15 is 0 Å². The molecule has 0 saturated carbocycles. The van der Waals surface area contributed by atoms with Gasteiger partial charge in [-0.3, -0.25) is 4.90 Å². The lowest BCUT2D eigenvalue weighted by Gasteiger charge is -2.35. The van der Waals surface area contributed by atoms with Gasteiger partial charge in [-0.25, -0.2) is 9.18 Å². The van der Waals surface area contributed by atoms with Crippen LogP contribution in [0.15, 0.2) is 76.3 Å². The molecule has 2 aromatic carbocycles. The number of amides is 2. The largest absolute Gasteiger partial charge is 0.334 e. The number of benzene rings is 2. The molecule has 5 rings (SSSR count). The summed E-state index contributed by atoms with van der Waals surface area (Å²) in [4.78, 5) is 20.2. The fourth-order valence-corrected chi connectivity index (χ4v) is 4.60. The van der Waals surface area contributed by atoms with Crippen molar-refractivity contribution in [1.29, 1.82) is 0 Å². The van der Waals surface area contributed by atoms with E-state index in [1.807, 2.05) is 48.7 Å². The van der Waals surface area contributed by atoms with E-state index in [0.29, 0.717) is 28.7 Å². The van der Waals surface area contributed by atoms with Gasteiger partial charge in [-0.1, -0.05) is 42.4 Å². The number of carbonyl (C=O) groups is 1. The number of anilines is 1. The third kappa shape index (κ3) is 3.93. The summed E-state index contributed by atoms with van der Waals surface area (Å²) in [7, 11) is 0. The lowest BCUT2D eigenvalue weighted by Crippen LogP contribution is -2.46. The average molecular weight is 461 g/mol. The van der Waals surface area contributed by atoms with Crippen LogP contribution in [0, 0.1) is 5.82 Å². The van der Waals surface area contributed by atoms with Crippen LogP contribution in [0.4, 0.5) is 14.9 Å². The first-order valence-electron chi connectivity index (χ1n) is 10.6. The van der Waals surface area contributed by atoms with E-state index in [1.54, 1.807) is 12.1 Å². The molecule has 1 aliphatic rings. The Morgan fingerprint density at radius 2 is 1.88 bits per heavy atom. The summed E-state index contributed by atoms with van der Waals surface area (Å²) in [5, 5.41) is 9.18. The minimum Gasteiger partial charge on any atom is -0.334 e. The fraction of sp³-hybridized carbons (Fsp3) is 0.160. The van der Waals surface area contributed by atoms with E-state index in [1.165, 1.54) is 33.9 Å². The summed E-state index contributed by atoms with van der Waals surface area (Å²) in [5.41, 5.74) is 3.98. The number of nitrogens with zero attached hydrogens (tertiary/aromatic N) is 3. The number of rotatable bonds is 5. The fourth-order valence-electron chi connectivity index (χ4n) is 3.96. The highest BCUT2D eigenvalue weighted by Gasteiger charge is 2.36. The molecule has 166 valence electrons. The van der Waals surface area contributed by atoms with E-state index in [0.717, 1.165) is 16.9 Å². The summed E-state index contributed by atoms with van der Waals surface area (Å²) < 4.78 is 19.2. The van der Waals surface area contributed by atoms with Gasteiger partial charge in [0, 0.05) is 5.70 Å². The van der Waals surface area contributed by atoms with Gasteiger partial charge in [0.15, 0.2) is 0 Å². The molecule has 0 saturated heterocycles. The zero-order valence-corrected chi connectivity index (χ0v) is 18.9. The van der Waals surface area contributed by atoms with Gasteiger partial charge < -0.3 is 9.84 Å². The first kappa shape index (κ1) is 21.1. The highest BCUT2D eigenvalue weighted by molar-refractivity contribution is 7.13. The van der Waals surface area contributed by atoms with Gasteiger partial charge in [-0.15, -0.1) is 11.3 Å². The van der Waals surface area contributed by atoms with Gasteiger partial charge in [0.2, 0.25) is 5.82 Å². The third-order valence-corrected chi connectivity index (χ3v) is 6.55. The predicted molar refractivity (Wildman–Crippen MR) is 126 cm³/mol. The van der Waals surface area contributed by atoms with Crippen molar-refractivity contribution in [2.45, 2.75) is 26.3 Å². The Labute approximate surface area is 194 Å². The van der Waals surface area contributed by atoms with Crippen LogP contribution in [-0.2, 0) is 6.42 Å². The summed E-state index contributed by atoms with van der Waals surface area (Å²) in [5.74, 6) is 0.447. The second kappa shape index (κ2) is 8.63. The number of carbonyl (C=O) groups excluding carboxylic acids is 1. The molecule has 1 N–H and O–H groups in total. The molecule has 2 aromatic heterocycles. The summed E-state index contributed by atoms with van der Waals surface area (Å²) in [6, 6.07) is 16.9.